The van der Waals surface area contributed by atoms with Crippen molar-refractivity contribution in [3.05, 3.63) is 65.3 Å². The number of benzene rings is 1. The van der Waals surface area contributed by atoms with Gasteiger partial charge in [0, 0.05) is 40.4 Å². The molecule has 0 radical (unpaired) electrons. The van der Waals surface area contributed by atoms with Gasteiger partial charge in [0.05, 0.1) is 6.04 Å². The van der Waals surface area contributed by atoms with Gasteiger partial charge in [-0.05, 0) is 43.2 Å². The molecule has 28 heavy (non-hydrogen) atoms. The van der Waals surface area contributed by atoms with Crippen LogP contribution in [0.25, 0.3) is 22.3 Å². The first kappa shape index (κ1) is 16.9. The van der Waals surface area contributed by atoms with Crippen molar-refractivity contribution in [2.75, 3.05) is 6.54 Å². The molecule has 1 aliphatic rings. The van der Waals surface area contributed by atoms with Crippen molar-refractivity contribution < 1.29 is 4.79 Å². The largest absolute Gasteiger partial charge is 0.350 e. The van der Waals surface area contributed by atoms with Crippen molar-refractivity contribution >= 4 is 28.4 Å². The highest BCUT2D eigenvalue weighted by atomic mass is 35.5. The Morgan fingerprint density at radius 2 is 2.18 bits per heavy atom. The van der Waals surface area contributed by atoms with E-state index < -0.39 is 0 Å². The summed E-state index contributed by atoms with van der Waals surface area (Å²) in [5, 5.41) is 8.91. The van der Waals surface area contributed by atoms with Gasteiger partial charge in [-0.2, -0.15) is 5.10 Å². The third kappa shape index (κ3) is 2.93. The predicted octanol–water partition coefficient (Wildman–Crippen LogP) is 3.98. The number of nitrogens with zero attached hydrogens (tertiary/aromatic N) is 4. The maximum atomic E-state index is 13.2. The summed E-state index contributed by atoms with van der Waals surface area (Å²) >= 11 is 6.05. The molecule has 2 N–H and O–H groups in total. The lowest BCUT2D eigenvalue weighted by Gasteiger charge is -2.22. The van der Waals surface area contributed by atoms with E-state index in [1.54, 1.807) is 12.4 Å². The molecule has 1 fully saturated rings. The lowest BCUT2D eigenvalue weighted by atomic mass is 10.2. The Labute approximate surface area is 165 Å². The zero-order valence-electron chi connectivity index (χ0n) is 14.9. The molecule has 0 spiro atoms. The fourth-order valence-electron chi connectivity index (χ4n) is 3.71. The smallest absolute Gasteiger partial charge is 0.270 e. The molecule has 7 nitrogen and oxygen atoms in total. The van der Waals surface area contributed by atoms with E-state index in [4.69, 9.17) is 11.6 Å². The first-order valence-corrected chi connectivity index (χ1v) is 9.49. The molecule has 1 saturated heterocycles. The molecular formula is C20H17ClN6O. The van der Waals surface area contributed by atoms with E-state index in [2.05, 4.69) is 25.1 Å². The van der Waals surface area contributed by atoms with Crippen LogP contribution in [0.5, 0.6) is 0 Å². The van der Waals surface area contributed by atoms with Crippen LogP contribution in [-0.4, -0.2) is 42.5 Å². The van der Waals surface area contributed by atoms with Crippen LogP contribution in [0, 0.1) is 0 Å². The summed E-state index contributed by atoms with van der Waals surface area (Å²) in [6.07, 6.45) is 5.20. The Balaban J connectivity index is 1.43. The van der Waals surface area contributed by atoms with E-state index >= 15 is 0 Å². The highest BCUT2D eigenvalue weighted by Gasteiger charge is 2.33. The van der Waals surface area contributed by atoms with Gasteiger partial charge in [-0.15, -0.1) is 0 Å². The van der Waals surface area contributed by atoms with Gasteiger partial charge in [-0.1, -0.05) is 17.7 Å². The van der Waals surface area contributed by atoms with Crippen LogP contribution in [-0.2, 0) is 0 Å². The van der Waals surface area contributed by atoms with Crippen LogP contribution in [0.15, 0.2) is 48.8 Å². The molecular weight excluding hydrogens is 376 g/mol. The van der Waals surface area contributed by atoms with Gasteiger partial charge in [0.15, 0.2) is 5.82 Å². The van der Waals surface area contributed by atoms with Gasteiger partial charge in [0.25, 0.3) is 5.91 Å². The van der Waals surface area contributed by atoms with Crippen LogP contribution in [0.2, 0.25) is 5.02 Å². The lowest BCUT2D eigenvalue weighted by Crippen LogP contribution is -2.31. The first-order chi connectivity index (χ1) is 13.7. The molecule has 0 aliphatic carbocycles. The summed E-state index contributed by atoms with van der Waals surface area (Å²) in [4.78, 5) is 26.9. The van der Waals surface area contributed by atoms with Crippen LogP contribution in [0.1, 0.15) is 35.2 Å². The molecule has 1 unspecified atom stereocenters. The number of halogens is 1. The van der Waals surface area contributed by atoms with Gasteiger partial charge in [0.1, 0.15) is 11.5 Å². The number of pyridine rings is 1. The molecule has 4 aromatic rings. The van der Waals surface area contributed by atoms with Crippen LogP contribution in [0.4, 0.5) is 0 Å². The highest BCUT2D eigenvalue weighted by Crippen LogP contribution is 2.32. The van der Waals surface area contributed by atoms with Crippen LogP contribution >= 0.6 is 11.6 Å². The number of hydrogen-bond acceptors (Lipinski definition) is 4. The molecule has 4 heterocycles. The number of likely N-dealkylation sites (tertiary alicyclic amines) is 1. The SMILES string of the molecule is O=C(c1cc2ccc(Cl)cc2[nH]1)N1CCCC1c1nc(-c2cccnc2)n[nH]1. The van der Waals surface area contributed by atoms with E-state index in [0.717, 1.165) is 29.3 Å². The number of H-pyrrole nitrogens is 2. The number of fused-ring (bicyclic) bond motifs is 1. The highest BCUT2D eigenvalue weighted by molar-refractivity contribution is 6.31. The lowest BCUT2D eigenvalue weighted by molar-refractivity contribution is 0.0725. The normalized spacial score (nSPS) is 16.8. The average molecular weight is 393 g/mol. The Morgan fingerprint density at radius 3 is 3.04 bits per heavy atom. The standard InChI is InChI=1S/C20H17ClN6O/c21-14-6-5-12-9-16(23-15(12)10-14)20(28)27-8-2-4-17(27)19-24-18(25-26-19)13-3-1-7-22-11-13/h1,3,5-7,9-11,17,23H,2,4,8H2,(H,24,25,26). The monoisotopic (exact) mass is 392 g/mol. The summed E-state index contributed by atoms with van der Waals surface area (Å²) in [6, 6.07) is 11.0. The zero-order valence-corrected chi connectivity index (χ0v) is 15.6. The molecule has 0 bridgehead atoms. The molecule has 5 rings (SSSR count). The third-order valence-electron chi connectivity index (χ3n) is 5.07. The summed E-state index contributed by atoms with van der Waals surface area (Å²) in [7, 11) is 0. The van der Waals surface area contributed by atoms with Crippen molar-refractivity contribution in [3.63, 3.8) is 0 Å². The molecule has 1 aromatic carbocycles. The van der Waals surface area contributed by atoms with Crippen molar-refractivity contribution in [3.8, 4) is 11.4 Å². The number of amides is 1. The minimum absolute atomic E-state index is 0.0471. The second-order valence-corrected chi connectivity index (χ2v) is 7.29. The minimum atomic E-state index is -0.125. The number of aromatic amines is 2. The fraction of sp³-hybridized carbons (Fsp3) is 0.200. The number of rotatable bonds is 3. The van der Waals surface area contributed by atoms with Crippen molar-refractivity contribution in [2.24, 2.45) is 0 Å². The number of hydrogen-bond donors (Lipinski definition) is 2. The molecule has 0 saturated carbocycles. The molecule has 140 valence electrons. The fourth-order valence-corrected chi connectivity index (χ4v) is 3.88. The average Bonchev–Trinajstić information content (AvgIpc) is 3.45. The van der Waals surface area contributed by atoms with E-state index in [0.29, 0.717) is 28.9 Å². The maximum absolute atomic E-state index is 13.2. The Hall–Kier alpha value is -3.19. The summed E-state index contributed by atoms with van der Waals surface area (Å²) in [6.45, 7) is 0.683. The molecule has 8 heteroatoms. The van der Waals surface area contributed by atoms with E-state index in [1.165, 1.54) is 0 Å². The van der Waals surface area contributed by atoms with Gasteiger partial charge >= 0.3 is 0 Å². The van der Waals surface area contributed by atoms with Crippen molar-refractivity contribution in [2.45, 2.75) is 18.9 Å². The van der Waals surface area contributed by atoms with Crippen molar-refractivity contribution in [1.29, 1.82) is 0 Å². The second-order valence-electron chi connectivity index (χ2n) is 6.86. The summed E-state index contributed by atoms with van der Waals surface area (Å²) in [5.41, 5.74) is 2.25. The topological polar surface area (TPSA) is 90.6 Å². The van der Waals surface area contributed by atoms with Gasteiger partial charge in [-0.25, -0.2) is 4.98 Å². The second kappa shape index (κ2) is 6.76. The van der Waals surface area contributed by atoms with Gasteiger partial charge in [0.2, 0.25) is 0 Å². The van der Waals surface area contributed by atoms with Crippen LogP contribution < -0.4 is 0 Å². The molecule has 1 amide bonds. The maximum Gasteiger partial charge on any atom is 0.270 e. The number of carbonyl (C=O) groups excluding carboxylic acids is 1. The zero-order chi connectivity index (χ0) is 19.1. The molecule has 1 atom stereocenters. The van der Waals surface area contributed by atoms with Crippen LogP contribution in [0.3, 0.4) is 0 Å². The summed E-state index contributed by atoms with van der Waals surface area (Å²) in [5.74, 6) is 1.24. The van der Waals surface area contributed by atoms with Gasteiger partial charge in [-0.3, -0.25) is 14.9 Å². The quantitative estimate of drug-likeness (QED) is 0.551. The Morgan fingerprint density at radius 1 is 1.25 bits per heavy atom. The first-order valence-electron chi connectivity index (χ1n) is 9.11. The number of aromatic nitrogens is 5. The Bertz CT molecular complexity index is 1150. The van der Waals surface area contributed by atoms with E-state index in [1.807, 2.05) is 41.3 Å². The van der Waals surface area contributed by atoms with Gasteiger partial charge < -0.3 is 9.88 Å². The number of carbonyl (C=O) groups is 1. The number of nitrogens with one attached hydrogen (secondary N) is 2. The van der Waals surface area contributed by atoms with Crippen molar-refractivity contribution in [1.82, 2.24) is 30.0 Å². The Kier molecular flexibility index (Phi) is 4.09. The third-order valence-corrected chi connectivity index (χ3v) is 5.30. The predicted molar refractivity (Wildman–Crippen MR) is 106 cm³/mol. The van der Waals surface area contributed by atoms with E-state index in [9.17, 15) is 4.79 Å². The summed E-state index contributed by atoms with van der Waals surface area (Å²) < 4.78 is 0. The van der Waals surface area contributed by atoms with E-state index in [-0.39, 0.29) is 11.9 Å². The molecule has 3 aromatic heterocycles. The molecule has 1 aliphatic heterocycles. The minimum Gasteiger partial charge on any atom is -0.350 e.